The van der Waals surface area contributed by atoms with Crippen LogP contribution in [0.25, 0.3) is 0 Å². The standard InChI is InChI=1S/C27H34N4O2S/c32-17-26(9-2-10-26)30-24-23-22(16-27(11-12-27)34(23)33)28-25(29-24)31-13-7-19(8-14-31)21-6-5-18-3-1-4-20(18)15-21/h5-6,15,19,32H,1-4,7-14,16-17H2,(H,28,29,30)/t34-/m1/s1. The Balaban J connectivity index is 1.14. The van der Waals surface area contributed by atoms with E-state index in [0.717, 1.165) is 86.8 Å². The Kier molecular flexibility index (Phi) is 4.86. The number of piperidine rings is 1. The maximum Gasteiger partial charge on any atom is 0.227 e. The van der Waals surface area contributed by atoms with E-state index in [1.54, 1.807) is 11.1 Å². The summed E-state index contributed by atoms with van der Waals surface area (Å²) in [4.78, 5) is 13.1. The molecule has 7 heteroatoms. The monoisotopic (exact) mass is 478 g/mol. The number of hydrogen-bond acceptors (Lipinski definition) is 6. The van der Waals surface area contributed by atoms with E-state index in [1.165, 1.54) is 24.8 Å². The Morgan fingerprint density at radius 2 is 1.85 bits per heavy atom. The fraction of sp³-hybridized carbons (Fsp3) is 0.630. The molecular formula is C27H34N4O2S. The molecule has 2 saturated carbocycles. The van der Waals surface area contributed by atoms with Crippen molar-refractivity contribution in [3.05, 3.63) is 40.6 Å². The fourth-order valence-corrected chi connectivity index (χ4v) is 8.33. The van der Waals surface area contributed by atoms with Crippen molar-refractivity contribution < 1.29 is 9.32 Å². The lowest BCUT2D eigenvalue weighted by Gasteiger charge is -2.42. The number of nitrogens with zero attached hydrogens (tertiary/aromatic N) is 3. The first kappa shape index (κ1) is 21.3. The molecule has 0 amide bonds. The zero-order chi connectivity index (χ0) is 22.9. The fourth-order valence-electron chi connectivity index (χ4n) is 6.55. The number of aryl methyl sites for hydroxylation is 2. The van der Waals surface area contributed by atoms with Crippen LogP contribution in [0.15, 0.2) is 23.1 Å². The Morgan fingerprint density at radius 1 is 1.06 bits per heavy atom. The summed E-state index contributed by atoms with van der Waals surface area (Å²) in [6.45, 7) is 1.98. The number of aliphatic hydroxyl groups is 1. The smallest absolute Gasteiger partial charge is 0.227 e. The average Bonchev–Trinajstić information content (AvgIpc) is 3.36. The second-order valence-electron chi connectivity index (χ2n) is 11.3. The van der Waals surface area contributed by atoms with Crippen molar-refractivity contribution in [1.29, 1.82) is 0 Å². The highest BCUT2D eigenvalue weighted by Crippen LogP contribution is 2.54. The zero-order valence-electron chi connectivity index (χ0n) is 19.8. The summed E-state index contributed by atoms with van der Waals surface area (Å²) in [5, 5.41) is 13.6. The van der Waals surface area contributed by atoms with Gasteiger partial charge in [-0.15, -0.1) is 0 Å². The lowest BCUT2D eigenvalue weighted by Crippen LogP contribution is -2.49. The lowest BCUT2D eigenvalue weighted by atomic mass is 9.77. The molecule has 3 fully saturated rings. The van der Waals surface area contributed by atoms with Gasteiger partial charge in [-0.05, 0) is 86.8 Å². The van der Waals surface area contributed by atoms with Crippen LogP contribution in [0.4, 0.5) is 11.8 Å². The molecule has 1 saturated heterocycles. The SMILES string of the molecule is O=[S@@]1c2c(nc(N3CCC(c4ccc5c(c4)CCC5)CC3)nc2NC2(CO)CCC2)CC12CC2. The Hall–Kier alpha value is -1.99. The minimum absolute atomic E-state index is 0.0884. The third-order valence-corrected chi connectivity index (χ3v) is 11.3. The first-order valence-electron chi connectivity index (χ1n) is 13.2. The van der Waals surface area contributed by atoms with E-state index in [0.29, 0.717) is 5.92 Å². The van der Waals surface area contributed by atoms with Gasteiger partial charge in [0, 0.05) is 19.5 Å². The van der Waals surface area contributed by atoms with Gasteiger partial charge in [-0.3, -0.25) is 4.21 Å². The summed E-state index contributed by atoms with van der Waals surface area (Å²) >= 11 is 0. The van der Waals surface area contributed by atoms with Crippen molar-refractivity contribution in [2.75, 3.05) is 29.9 Å². The van der Waals surface area contributed by atoms with Gasteiger partial charge >= 0.3 is 0 Å². The van der Waals surface area contributed by atoms with Gasteiger partial charge in [0.1, 0.15) is 10.7 Å². The highest BCUT2D eigenvalue weighted by atomic mass is 32.2. The molecular weight excluding hydrogens is 444 g/mol. The predicted octanol–water partition coefficient (Wildman–Crippen LogP) is 3.87. The number of anilines is 2. The summed E-state index contributed by atoms with van der Waals surface area (Å²) in [5.74, 6) is 2.09. The number of benzene rings is 1. The van der Waals surface area contributed by atoms with Crippen LogP contribution in [0.5, 0.6) is 0 Å². The average molecular weight is 479 g/mol. The van der Waals surface area contributed by atoms with Gasteiger partial charge < -0.3 is 15.3 Å². The topological polar surface area (TPSA) is 78.4 Å². The van der Waals surface area contributed by atoms with Gasteiger partial charge in [-0.25, -0.2) is 4.98 Å². The second-order valence-corrected chi connectivity index (χ2v) is 13.1. The van der Waals surface area contributed by atoms with Gasteiger partial charge in [0.05, 0.1) is 33.4 Å². The van der Waals surface area contributed by atoms with Crippen molar-refractivity contribution >= 4 is 22.6 Å². The Bertz CT molecular complexity index is 1160. The van der Waals surface area contributed by atoms with Crippen LogP contribution in [0.3, 0.4) is 0 Å². The van der Waals surface area contributed by atoms with Gasteiger partial charge in [0.15, 0.2) is 0 Å². The molecule has 3 heterocycles. The normalized spacial score (nSPS) is 26.3. The van der Waals surface area contributed by atoms with Gasteiger partial charge in [-0.2, -0.15) is 4.98 Å². The zero-order valence-corrected chi connectivity index (χ0v) is 20.6. The predicted molar refractivity (Wildman–Crippen MR) is 134 cm³/mol. The molecule has 2 aromatic rings. The molecule has 34 heavy (non-hydrogen) atoms. The highest BCUT2D eigenvalue weighted by molar-refractivity contribution is 7.87. The molecule has 2 aliphatic heterocycles. The molecule has 180 valence electrons. The van der Waals surface area contributed by atoms with E-state index in [-0.39, 0.29) is 16.9 Å². The lowest BCUT2D eigenvalue weighted by molar-refractivity contribution is 0.143. The number of nitrogens with one attached hydrogen (secondary N) is 1. The Labute approximate surface area is 204 Å². The molecule has 5 aliphatic rings. The van der Waals surface area contributed by atoms with E-state index < -0.39 is 10.8 Å². The van der Waals surface area contributed by atoms with E-state index in [2.05, 4.69) is 28.4 Å². The maximum absolute atomic E-state index is 13.4. The molecule has 1 spiro atoms. The van der Waals surface area contributed by atoms with E-state index in [9.17, 15) is 9.32 Å². The van der Waals surface area contributed by atoms with Crippen LogP contribution in [0.1, 0.15) is 79.7 Å². The number of rotatable bonds is 5. The molecule has 2 N–H and O–H groups in total. The van der Waals surface area contributed by atoms with Crippen LogP contribution < -0.4 is 10.2 Å². The number of hydrogen-bond donors (Lipinski definition) is 2. The number of aromatic nitrogens is 2. The Morgan fingerprint density at radius 3 is 2.56 bits per heavy atom. The third-order valence-electron chi connectivity index (χ3n) is 9.17. The van der Waals surface area contributed by atoms with E-state index >= 15 is 0 Å². The molecule has 0 radical (unpaired) electrons. The summed E-state index contributed by atoms with van der Waals surface area (Å²) in [5.41, 5.74) is 5.26. The second kappa shape index (κ2) is 7.76. The molecule has 7 rings (SSSR count). The summed E-state index contributed by atoms with van der Waals surface area (Å²) in [6.07, 6.45) is 11.8. The maximum atomic E-state index is 13.4. The molecule has 1 aromatic carbocycles. The van der Waals surface area contributed by atoms with Gasteiger partial charge in [0.25, 0.3) is 0 Å². The summed E-state index contributed by atoms with van der Waals surface area (Å²) in [7, 11) is -1.05. The van der Waals surface area contributed by atoms with Crippen LogP contribution in [-0.2, 0) is 30.1 Å². The first-order valence-corrected chi connectivity index (χ1v) is 14.3. The first-order chi connectivity index (χ1) is 16.6. The van der Waals surface area contributed by atoms with Crippen LogP contribution in [0.2, 0.25) is 0 Å². The third kappa shape index (κ3) is 3.34. The molecule has 1 atom stereocenters. The molecule has 0 bridgehead atoms. The molecule has 6 nitrogen and oxygen atoms in total. The van der Waals surface area contributed by atoms with E-state index in [4.69, 9.17) is 9.97 Å². The van der Waals surface area contributed by atoms with Crippen molar-refractivity contribution in [2.45, 2.75) is 91.7 Å². The van der Waals surface area contributed by atoms with Gasteiger partial charge in [-0.1, -0.05) is 18.2 Å². The van der Waals surface area contributed by atoms with Crippen molar-refractivity contribution in [2.24, 2.45) is 0 Å². The molecule has 0 unspecified atom stereocenters. The summed E-state index contributed by atoms with van der Waals surface area (Å²) in [6, 6.07) is 7.18. The van der Waals surface area contributed by atoms with Gasteiger partial charge in [0.2, 0.25) is 5.95 Å². The molecule has 1 aromatic heterocycles. The van der Waals surface area contributed by atoms with Crippen molar-refractivity contribution in [1.82, 2.24) is 9.97 Å². The van der Waals surface area contributed by atoms with E-state index in [1.807, 2.05) is 0 Å². The van der Waals surface area contributed by atoms with Crippen molar-refractivity contribution in [3.63, 3.8) is 0 Å². The number of fused-ring (bicyclic) bond motifs is 2. The van der Waals surface area contributed by atoms with Crippen LogP contribution >= 0.6 is 0 Å². The van der Waals surface area contributed by atoms with Crippen LogP contribution in [-0.4, -0.2) is 49.3 Å². The summed E-state index contributed by atoms with van der Waals surface area (Å²) < 4.78 is 13.3. The quantitative estimate of drug-likeness (QED) is 0.679. The highest BCUT2D eigenvalue weighted by Gasteiger charge is 2.56. The minimum Gasteiger partial charge on any atom is -0.394 e. The minimum atomic E-state index is -1.05. The van der Waals surface area contributed by atoms with Crippen molar-refractivity contribution in [3.8, 4) is 0 Å². The largest absolute Gasteiger partial charge is 0.394 e. The molecule has 3 aliphatic carbocycles. The van der Waals surface area contributed by atoms with Crippen LogP contribution in [0, 0.1) is 0 Å². The number of aliphatic hydroxyl groups excluding tert-OH is 1.